The third-order valence-corrected chi connectivity index (χ3v) is 2.06. The van der Waals surface area contributed by atoms with E-state index < -0.39 is 11.6 Å². The minimum Gasteiger partial charge on any atom is -0.295 e. The number of carbonyl (C=O) groups excluding carboxylic acids is 1. The molecule has 0 aliphatic heterocycles. The number of Topliss-reactive ketones (excluding diaryl/α,β-unsaturated/α-hetero) is 1. The van der Waals surface area contributed by atoms with Crippen molar-refractivity contribution in [3.63, 3.8) is 0 Å². The fourth-order valence-electron chi connectivity index (χ4n) is 1.15. The molecule has 0 radical (unpaired) electrons. The predicted octanol–water partition coefficient (Wildman–Crippen LogP) is 3.31. The summed E-state index contributed by atoms with van der Waals surface area (Å²) in [7, 11) is 0. The summed E-state index contributed by atoms with van der Waals surface area (Å²) in [5.74, 6) is -0.372. The zero-order valence-electron chi connectivity index (χ0n) is 8.75. The molecule has 0 heterocycles. The van der Waals surface area contributed by atoms with Crippen molar-refractivity contribution in [2.45, 2.75) is 26.9 Å². The van der Waals surface area contributed by atoms with Crippen LogP contribution >= 0.6 is 0 Å². The van der Waals surface area contributed by atoms with E-state index in [1.165, 1.54) is 0 Å². The van der Waals surface area contributed by atoms with Gasteiger partial charge < -0.3 is 0 Å². The molecule has 0 fully saturated rings. The lowest BCUT2D eigenvalue weighted by molar-refractivity contribution is -0.131. The summed E-state index contributed by atoms with van der Waals surface area (Å²) in [6.07, 6.45) is -1.50. The Morgan fingerprint density at radius 1 is 1.21 bits per heavy atom. The van der Waals surface area contributed by atoms with Crippen molar-refractivity contribution in [3.05, 3.63) is 35.9 Å². The largest absolute Gasteiger partial charge is 0.295 e. The number of carbonyl (C=O) groups is 1. The van der Waals surface area contributed by atoms with Crippen LogP contribution in [0.1, 0.15) is 32.5 Å². The van der Waals surface area contributed by atoms with Crippen LogP contribution in [0.25, 0.3) is 0 Å². The van der Waals surface area contributed by atoms with Crippen molar-refractivity contribution in [1.29, 1.82) is 0 Å². The standard InChI is InChI=1S/C12H15FO/c1-12(2,3)11(14)10(13)9-7-5-4-6-8-9/h4-8,10H,1-3H3/t10-/m1/s1. The van der Waals surface area contributed by atoms with Crippen LogP contribution in [0.5, 0.6) is 0 Å². The van der Waals surface area contributed by atoms with Crippen LogP contribution in [-0.4, -0.2) is 5.78 Å². The van der Waals surface area contributed by atoms with Gasteiger partial charge in [0.2, 0.25) is 0 Å². The Kier molecular flexibility index (Phi) is 3.04. The second-order valence-electron chi connectivity index (χ2n) is 4.39. The molecule has 1 atom stereocenters. The van der Waals surface area contributed by atoms with Gasteiger partial charge in [-0.25, -0.2) is 4.39 Å². The quantitative estimate of drug-likeness (QED) is 0.705. The van der Waals surface area contributed by atoms with E-state index in [1.807, 2.05) is 0 Å². The molecule has 0 spiro atoms. The minimum atomic E-state index is -1.50. The Hall–Kier alpha value is -1.18. The predicted molar refractivity (Wildman–Crippen MR) is 54.8 cm³/mol. The second kappa shape index (κ2) is 3.91. The SMILES string of the molecule is CC(C)(C)C(=O)[C@H](F)c1ccccc1. The third kappa shape index (κ3) is 2.41. The van der Waals surface area contributed by atoms with Crippen LogP contribution in [0.3, 0.4) is 0 Å². The van der Waals surface area contributed by atoms with Gasteiger partial charge in [-0.3, -0.25) is 4.79 Å². The van der Waals surface area contributed by atoms with Gasteiger partial charge in [-0.05, 0) is 5.56 Å². The van der Waals surface area contributed by atoms with E-state index >= 15 is 0 Å². The minimum absolute atomic E-state index is 0.372. The van der Waals surface area contributed by atoms with Crippen LogP contribution in [0.15, 0.2) is 30.3 Å². The fourth-order valence-corrected chi connectivity index (χ4v) is 1.15. The molecule has 1 nitrogen and oxygen atoms in total. The highest BCUT2D eigenvalue weighted by atomic mass is 19.1. The molecule has 0 saturated carbocycles. The number of hydrogen-bond donors (Lipinski definition) is 0. The van der Waals surface area contributed by atoms with Gasteiger partial charge in [0.25, 0.3) is 0 Å². The fraction of sp³-hybridized carbons (Fsp3) is 0.417. The molecular weight excluding hydrogens is 179 g/mol. The maximum Gasteiger partial charge on any atom is 0.184 e. The summed E-state index contributed by atoms with van der Waals surface area (Å²) >= 11 is 0. The second-order valence-corrected chi connectivity index (χ2v) is 4.39. The first kappa shape index (κ1) is 10.9. The van der Waals surface area contributed by atoms with E-state index in [4.69, 9.17) is 0 Å². The summed E-state index contributed by atoms with van der Waals surface area (Å²) in [5, 5.41) is 0. The summed E-state index contributed by atoms with van der Waals surface area (Å²) < 4.78 is 13.7. The van der Waals surface area contributed by atoms with E-state index in [1.54, 1.807) is 51.1 Å². The van der Waals surface area contributed by atoms with Crippen molar-refractivity contribution in [2.75, 3.05) is 0 Å². The smallest absolute Gasteiger partial charge is 0.184 e. The molecule has 0 aliphatic rings. The van der Waals surface area contributed by atoms with E-state index in [2.05, 4.69) is 0 Å². The summed E-state index contributed by atoms with van der Waals surface area (Å²) in [5.41, 5.74) is -0.192. The zero-order valence-corrected chi connectivity index (χ0v) is 8.75. The number of ketones is 1. The van der Waals surface area contributed by atoms with Crippen molar-refractivity contribution < 1.29 is 9.18 Å². The van der Waals surface area contributed by atoms with Crippen LogP contribution in [0, 0.1) is 5.41 Å². The Labute approximate surface area is 83.9 Å². The molecule has 14 heavy (non-hydrogen) atoms. The van der Waals surface area contributed by atoms with Crippen molar-refractivity contribution in [1.82, 2.24) is 0 Å². The lowest BCUT2D eigenvalue weighted by Gasteiger charge is -2.19. The van der Waals surface area contributed by atoms with Gasteiger partial charge in [-0.15, -0.1) is 0 Å². The molecule has 0 aliphatic carbocycles. The lowest BCUT2D eigenvalue weighted by Crippen LogP contribution is -2.24. The molecule has 1 aromatic rings. The van der Waals surface area contributed by atoms with Crippen molar-refractivity contribution in [2.24, 2.45) is 5.41 Å². The molecule has 76 valence electrons. The van der Waals surface area contributed by atoms with Crippen LogP contribution in [-0.2, 0) is 4.79 Å². The van der Waals surface area contributed by atoms with E-state index in [9.17, 15) is 9.18 Å². The number of alkyl halides is 1. The van der Waals surface area contributed by atoms with Crippen LogP contribution in [0.4, 0.5) is 4.39 Å². The molecular formula is C12H15FO. The summed E-state index contributed by atoms with van der Waals surface area (Å²) in [6, 6.07) is 8.54. The zero-order chi connectivity index (χ0) is 10.8. The third-order valence-electron chi connectivity index (χ3n) is 2.06. The van der Waals surface area contributed by atoms with Gasteiger partial charge in [-0.1, -0.05) is 51.1 Å². The highest BCUT2D eigenvalue weighted by Crippen LogP contribution is 2.28. The molecule has 1 rings (SSSR count). The maximum atomic E-state index is 13.7. The molecule has 0 bridgehead atoms. The highest BCUT2D eigenvalue weighted by molar-refractivity contribution is 5.88. The summed E-state index contributed by atoms with van der Waals surface area (Å²) in [6.45, 7) is 5.18. The Morgan fingerprint density at radius 3 is 2.14 bits per heavy atom. The Morgan fingerprint density at radius 2 is 1.71 bits per heavy atom. The summed E-state index contributed by atoms with van der Waals surface area (Å²) in [4.78, 5) is 11.6. The Balaban J connectivity index is 2.87. The number of halogens is 1. The van der Waals surface area contributed by atoms with Gasteiger partial charge in [0.1, 0.15) is 0 Å². The van der Waals surface area contributed by atoms with Gasteiger partial charge in [-0.2, -0.15) is 0 Å². The highest BCUT2D eigenvalue weighted by Gasteiger charge is 2.30. The number of hydrogen-bond acceptors (Lipinski definition) is 1. The topological polar surface area (TPSA) is 17.1 Å². The first-order chi connectivity index (χ1) is 6.43. The maximum absolute atomic E-state index is 13.7. The normalized spacial score (nSPS) is 13.7. The van der Waals surface area contributed by atoms with Crippen molar-refractivity contribution >= 4 is 5.78 Å². The molecule has 0 unspecified atom stereocenters. The molecule has 0 amide bonds. The number of rotatable bonds is 2. The van der Waals surface area contributed by atoms with Crippen LogP contribution in [0.2, 0.25) is 0 Å². The lowest BCUT2D eigenvalue weighted by atomic mass is 9.86. The van der Waals surface area contributed by atoms with Crippen molar-refractivity contribution in [3.8, 4) is 0 Å². The molecule has 0 N–H and O–H groups in total. The molecule has 2 heteroatoms. The first-order valence-corrected chi connectivity index (χ1v) is 4.66. The monoisotopic (exact) mass is 194 g/mol. The number of benzene rings is 1. The van der Waals surface area contributed by atoms with Gasteiger partial charge in [0.15, 0.2) is 12.0 Å². The van der Waals surface area contributed by atoms with Gasteiger partial charge in [0, 0.05) is 5.41 Å². The van der Waals surface area contributed by atoms with E-state index in [0.29, 0.717) is 5.56 Å². The first-order valence-electron chi connectivity index (χ1n) is 4.66. The molecule has 1 aromatic carbocycles. The van der Waals surface area contributed by atoms with Gasteiger partial charge in [0.05, 0.1) is 0 Å². The Bertz CT molecular complexity index is 311. The average Bonchev–Trinajstić information content (AvgIpc) is 2.15. The van der Waals surface area contributed by atoms with Gasteiger partial charge >= 0.3 is 0 Å². The average molecular weight is 194 g/mol. The van der Waals surface area contributed by atoms with E-state index in [-0.39, 0.29) is 5.78 Å². The molecule has 0 saturated heterocycles. The van der Waals surface area contributed by atoms with Crippen LogP contribution < -0.4 is 0 Å². The van der Waals surface area contributed by atoms with E-state index in [0.717, 1.165) is 0 Å². The molecule has 0 aromatic heterocycles.